The first-order valence-electron chi connectivity index (χ1n) is 9.80. The van der Waals surface area contributed by atoms with E-state index in [4.69, 9.17) is 16.3 Å². The molecule has 0 atom stereocenters. The first-order valence-corrected chi connectivity index (χ1v) is 10.2. The lowest BCUT2D eigenvalue weighted by atomic mass is 9.95. The van der Waals surface area contributed by atoms with Crippen molar-refractivity contribution in [1.82, 2.24) is 4.98 Å². The highest BCUT2D eigenvalue weighted by Gasteiger charge is 2.16. The van der Waals surface area contributed by atoms with Gasteiger partial charge in [-0.25, -0.2) is 9.78 Å². The van der Waals surface area contributed by atoms with Gasteiger partial charge in [-0.3, -0.25) is 0 Å². The lowest BCUT2D eigenvalue weighted by Crippen LogP contribution is -2.03. The Morgan fingerprint density at radius 3 is 2.42 bits per heavy atom. The molecule has 4 nitrogen and oxygen atoms in total. The molecule has 0 aliphatic heterocycles. The lowest BCUT2D eigenvalue weighted by Gasteiger charge is -2.14. The van der Waals surface area contributed by atoms with Crippen LogP contribution in [0.4, 0.5) is 0 Å². The Hall–Kier alpha value is -3.63. The van der Waals surface area contributed by atoms with Crippen molar-refractivity contribution in [3.63, 3.8) is 0 Å². The van der Waals surface area contributed by atoms with Crippen LogP contribution in [0, 0.1) is 6.92 Å². The van der Waals surface area contributed by atoms with E-state index in [1.54, 1.807) is 18.2 Å². The van der Waals surface area contributed by atoms with Crippen LogP contribution in [0.15, 0.2) is 84.9 Å². The number of aromatic nitrogens is 1. The third-order valence-corrected chi connectivity index (χ3v) is 5.30. The molecule has 0 unspecified atom stereocenters. The zero-order valence-corrected chi connectivity index (χ0v) is 17.6. The second kappa shape index (κ2) is 9.02. The van der Waals surface area contributed by atoms with E-state index >= 15 is 0 Å². The number of aromatic carboxylic acids is 1. The Balaban J connectivity index is 1.78. The minimum Gasteiger partial charge on any atom is -0.487 e. The summed E-state index contributed by atoms with van der Waals surface area (Å²) in [7, 11) is 0. The highest BCUT2D eigenvalue weighted by atomic mass is 35.5. The highest BCUT2D eigenvalue weighted by Crippen LogP contribution is 2.36. The molecule has 0 spiro atoms. The summed E-state index contributed by atoms with van der Waals surface area (Å²) in [6.07, 6.45) is 0. The molecule has 0 aliphatic rings. The molecule has 1 aromatic heterocycles. The van der Waals surface area contributed by atoms with E-state index in [0.29, 0.717) is 23.1 Å². The lowest BCUT2D eigenvalue weighted by molar-refractivity contribution is 0.0690. The molecule has 31 heavy (non-hydrogen) atoms. The number of ether oxygens (including phenoxy) is 1. The molecule has 0 bridgehead atoms. The highest BCUT2D eigenvalue weighted by molar-refractivity contribution is 6.32. The summed E-state index contributed by atoms with van der Waals surface area (Å²) in [5.41, 5.74) is 5.21. The van der Waals surface area contributed by atoms with Crippen molar-refractivity contribution in [3.05, 3.63) is 107 Å². The van der Waals surface area contributed by atoms with Gasteiger partial charge >= 0.3 is 5.97 Å². The SMILES string of the molecule is Cc1ccccc1-c1ccc(C(=O)O)nc1-c1ccc(Cl)c(OCc2ccccc2)c1. The molecule has 0 aliphatic carbocycles. The maximum atomic E-state index is 11.6. The van der Waals surface area contributed by atoms with E-state index in [1.165, 1.54) is 6.07 Å². The molecule has 4 aromatic rings. The molecule has 0 amide bonds. The molecule has 0 saturated heterocycles. The van der Waals surface area contributed by atoms with Gasteiger partial charge in [0.25, 0.3) is 0 Å². The van der Waals surface area contributed by atoms with Crippen LogP contribution < -0.4 is 4.74 Å². The van der Waals surface area contributed by atoms with Gasteiger partial charge in [0, 0.05) is 11.1 Å². The molecule has 0 saturated carbocycles. The number of halogens is 1. The summed E-state index contributed by atoms with van der Waals surface area (Å²) in [5.74, 6) is -0.562. The molecule has 0 fully saturated rings. The van der Waals surface area contributed by atoms with Crippen molar-refractivity contribution < 1.29 is 14.6 Å². The van der Waals surface area contributed by atoms with Gasteiger partial charge in [-0.15, -0.1) is 0 Å². The fraction of sp³-hybridized carbons (Fsp3) is 0.0769. The molecule has 4 rings (SSSR count). The maximum Gasteiger partial charge on any atom is 0.354 e. The van der Waals surface area contributed by atoms with Gasteiger partial charge < -0.3 is 9.84 Å². The van der Waals surface area contributed by atoms with E-state index in [1.807, 2.05) is 67.6 Å². The number of carbonyl (C=O) groups is 1. The van der Waals surface area contributed by atoms with E-state index in [0.717, 1.165) is 27.8 Å². The summed E-state index contributed by atoms with van der Waals surface area (Å²) in [5, 5.41) is 9.95. The van der Waals surface area contributed by atoms with Crippen molar-refractivity contribution in [2.45, 2.75) is 13.5 Å². The van der Waals surface area contributed by atoms with E-state index < -0.39 is 5.97 Å². The first kappa shape index (κ1) is 20.6. The smallest absolute Gasteiger partial charge is 0.354 e. The average Bonchev–Trinajstić information content (AvgIpc) is 2.79. The molecule has 3 aromatic carbocycles. The zero-order chi connectivity index (χ0) is 21.8. The van der Waals surface area contributed by atoms with Crippen LogP contribution in [0.3, 0.4) is 0 Å². The Labute approximate surface area is 185 Å². The molecular weight excluding hydrogens is 410 g/mol. The number of hydrogen-bond acceptors (Lipinski definition) is 3. The normalized spacial score (nSPS) is 10.6. The third kappa shape index (κ3) is 4.60. The molecule has 1 heterocycles. The van der Waals surface area contributed by atoms with E-state index in [9.17, 15) is 9.90 Å². The van der Waals surface area contributed by atoms with Gasteiger partial charge in [0.2, 0.25) is 0 Å². The minimum absolute atomic E-state index is 0.0194. The van der Waals surface area contributed by atoms with E-state index in [-0.39, 0.29) is 5.69 Å². The van der Waals surface area contributed by atoms with Gasteiger partial charge in [0.05, 0.1) is 10.7 Å². The number of aryl methyl sites for hydroxylation is 1. The first-order chi connectivity index (χ1) is 15.0. The Morgan fingerprint density at radius 2 is 1.68 bits per heavy atom. The summed E-state index contributed by atoms with van der Waals surface area (Å²) < 4.78 is 5.96. The van der Waals surface area contributed by atoms with Crippen molar-refractivity contribution in [1.29, 1.82) is 0 Å². The van der Waals surface area contributed by atoms with Gasteiger partial charge in [0.15, 0.2) is 0 Å². The van der Waals surface area contributed by atoms with Gasteiger partial charge in [-0.2, -0.15) is 0 Å². The summed E-state index contributed by atoms with van der Waals surface area (Å²) >= 11 is 6.37. The summed E-state index contributed by atoms with van der Waals surface area (Å²) in [6, 6.07) is 26.4. The summed E-state index contributed by atoms with van der Waals surface area (Å²) in [4.78, 5) is 16.0. The van der Waals surface area contributed by atoms with Crippen molar-refractivity contribution in [2.24, 2.45) is 0 Å². The summed E-state index contributed by atoms with van der Waals surface area (Å²) in [6.45, 7) is 2.39. The number of benzene rings is 3. The van der Waals surface area contributed by atoms with Crippen LogP contribution in [0.5, 0.6) is 5.75 Å². The fourth-order valence-corrected chi connectivity index (χ4v) is 3.56. The topological polar surface area (TPSA) is 59.4 Å². The van der Waals surface area contributed by atoms with Gasteiger partial charge in [0.1, 0.15) is 18.1 Å². The predicted octanol–water partition coefficient (Wildman–Crippen LogP) is 6.65. The molecule has 0 radical (unpaired) electrons. The monoisotopic (exact) mass is 429 g/mol. The van der Waals surface area contributed by atoms with Crippen molar-refractivity contribution in [3.8, 4) is 28.1 Å². The van der Waals surface area contributed by atoms with Crippen LogP contribution >= 0.6 is 11.6 Å². The zero-order valence-electron chi connectivity index (χ0n) is 16.9. The number of rotatable bonds is 6. The van der Waals surface area contributed by atoms with Crippen LogP contribution in [0.1, 0.15) is 21.6 Å². The quantitative estimate of drug-likeness (QED) is 0.372. The van der Waals surface area contributed by atoms with Gasteiger partial charge in [-0.1, -0.05) is 72.3 Å². The Morgan fingerprint density at radius 1 is 0.935 bits per heavy atom. The standard InChI is InChI=1S/C26H20ClNO3/c1-17-7-5-6-10-20(17)21-12-14-23(26(29)30)28-25(21)19-11-13-22(27)24(15-19)31-16-18-8-3-2-4-9-18/h2-15H,16H2,1H3,(H,29,30). The van der Waals surface area contributed by atoms with Crippen LogP contribution in [0.25, 0.3) is 22.4 Å². The second-order valence-corrected chi connectivity index (χ2v) is 7.54. The minimum atomic E-state index is -1.08. The molecule has 5 heteroatoms. The van der Waals surface area contributed by atoms with E-state index in [2.05, 4.69) is 4.98 Å². The molecular formula is C26H20ClNO3. The predicted molar refractivity (Wildman–Crippen MR) is 123 cm³/mol. The molecule has 154 valence electrons. The molecule has 1 N–H and O–H groups in total. The third-order valence-electron chi connectivity index (χ3n) is 4.99. The van der Waals surface area contributed by atoms with Crippen LogP contribution in [-0.2, 0) is 6.61 Å². The fourth-order valence-electron chi connectivity index (χ4n) is 3.39. The van der Waals surface area contributed by atoms with Gasteiger partial charge in [-0.05, 0) is 47.9 Å². The Bertz CT molecular complexity index is 1240. The second-order valence-electron chi connectivity index (χ2n) is 7.13. The van der Waals surface area contributed by atoms with Crippen molar-refractivity contribution in [2.75, 3.05) is 0 Å². The number of pyridine rings is 1. The van der Waals surface area contributed by atoms with Crippen LogP contribution in [-0.4, -0.2) is 16.1 Å². The Kier molecular flexibility index (Phi) is 6.01. The van der Waals surface area contributed by atoms with Crippen LogP contribution in [0.2, 0.25) is 5.02 Å². The number of nitrogens with zero attached hydrogens (tertiary/aromatic N) is 1. The largest absolute Gasteiger partial charge is 0.487 e. The number of carboxylic acid groups (broad SMARTS) is 1. The average molecular weight is 430 g/mol. The maximum absolute atomic E-state index is 11.6. The van der Waals surface area contributed by atoms with Crippen molar-refractivity contribution >= 4 is 17.6 Å². The number of hydrogen-bond donors (Lipinski definition) is 1. The number of carboxylic acids is 1.